The highest BCUT2D eigenvalue weighted by Crippen LogP contribution is 2.45. The maximum absolute atomic E-state index is 13.8. The zero-order valence-electron chi connectivity index (χ0n) is 19.2. The summed E-state index contributed by atoms with van der Waals surface area (Å²) in [5, 5.41) is 13.2. The summed E-state index contributed by atoms with van der Waals surface area (Å²) in [6.45, 7) is 4.37. The van der Waals surface area contributed by atoms with Crippen LogP contribution < -0.4 is 9.64 Å². The second kappa shape index (κ2) is 9.44. The number of hydrogen-bond donors (Lipinski definition) is 1. The van der Waals surface area contributed by atoms with E-state index in [9.17, 15) is 23.5 Å². The van der Waals surface area contributed by atoms with Gasteiger partial charge in [0.25, 0.3) is 5.78 Å². The van der Waals surface area contributed by atoms with E-state index < -0.39 is 29.4 Å². The topological polar surface area (TPSA) is 79.7 Å². The van der Waals surface area contributed by atoms with Crippen LogP contribution in [0, 0.1) is 18.6 Å². The summed E-state index contributed by atoms with van der Waals surface area (Å²) < 4.78 is 33.6. The summed E-state index contributed by atoms with van der Waals surface area (Å²) in [6, 6.07) is 9.58. The lowest BCUT2D eigenvalue weighted by atomic mass is 9.99. The number of Topliss-reactive ketones (excluding diaryl/α,β-unsaturated/α-hetero) is 1. The molecule has 1 atom stereocenters. The van der Waals surface area contributed by atoms with E-state index in [0.29, 0.717) is 27.5 Å². The van der Waals surface area contributed by atoms with Crippen LogP contribution in [0.1, 0.15) is 35.4 Å². The largest absolute Gasteiger partial charge is 0.507 e. The number of benzene rings is 2. The summed E-state index contributed by atoms with van der Waals surface area (Å²) in [4.78, 5) is 32.6. The Hall–Kier alpha value is -3.63. The maximum atomic E-state index is 13.8. The maximum Gasteiger partial charge on any atom is 0.301 e. The smallest absolute Gasteiger partial charge is 0.301 e. The highest BCUT2D eigenvalue weighted by Gasteiger charge is 2.48. The Labute approximate surface area is 213 Å². The summed E-state index contributed by atoms with van der Waals surface area (Å²) in [5.41, 5.74) is 1.22. The number of nitrogens with zero attached hydrogens (tertiary/aromatic N) is 2. The van der Waals surface area contributed by atoms with Gasteiger partial charge in [0, 0.05) is 16.5 Å². The molecule has 1 aliphatic rings. The Kier molecular flexibility index (Phi) is 6.31. The second-order valence-electron chi connectivity index (χ2n) is 8.24. The number of ether oxygens (including phenoxy) is 1. The number of amides is 1. The molecule has 6 nitrogen and oxygen atoms in total. The normalized spacial score (nSPS) is 17.3. The van der Waals surface area contributed by atoms with E-state index in [1.807, 2.05) is 13.8 Å². The third kappa shape index (κ3) is 4.06. The average Bonchev–Trinajstić information content (AvgIpc) is 3.57. The number of aromatic nitrogens is 1. The highest BCUT2D eigenvalue weighted by atomic mass is 32.1. The molecule has 0 radical (unpaired) electrons. The first-order chi connectivity index (χ1) is 17.3. The molecule has 1 fully saturated rings. The molecule has 0 aliphatic carbocycles. The molecule has 1 N–H and O–H groups in total. The number of aliphatic hydroxyl groups excluding tert-OH is 1. The van der Waals surface area contributed by atoms with Crippen LogP contribution in [-0.2, 0) is 9.59 Å². The molecule has 2 aromatic heterocycles. The Morgan fingerprint density at radius 3 is 2.64 bits per heavy atom. The monoisotopic (exact) mass is 526 g/mol. The van der Waals surface area contributed by atoms with Gasteiger partial charge in [-0.2, -0.15) is 0 Å². The van der Waals surface area contributed by atoms with Crippen molar-refractivity contribution in [1.29, 1.82) is 0 Å². The fourth-order valence-electron chi connectivity index (χ4n) is 4.09. The molecular formula is C26H20F2N2O4S2. The van der Waals surface area contributed by atoms with Crippen molar-refractivity contribution in [3.8, 4) is 5.75 Å². The third-order valence-corrected chi connectivity index (χ3v) is 7.73. The number of hydrogen-bond acceptors (Lipinski definition) is 7. The predicted octanol–water partition coefficient (Wildman–Crippen LogP) is 6.36. The third-order valence-electron chi connectivity index (χ3n) is 5.79. The van der Waals surface area contributed by atoms with Crippen molar-refractivity contribution >= 4 is 55.5 Å². The van der Waals surface area contributed by atoms with Gasteiger partial charge in [0.15, 0.2) is 16.8 Å². The van der Waals surface area contributed by atoms with Gasteiger partial charge in [-0.05, 0) is 54.6 Å². The Morgan fingerprint density at radius 2 is 1.94 bits per heavy atom. The molecule has 5 rings (SSSR count). The molecule has 36 heavy (non-hydrogen) atoms. The van der Waals surface area contributed by atoms with Crippen molar-refractivity contribution < 1.29 is 28.2 Å². The summed E-state index contributed by atoms with van der Waals surface area (Å²) >= 11 is 2.28. The van der Waals surface area contributed by atoms with Crippen molar-refractivity contribution in [2.45, 2.75) is 26.3 Å². The molecule has 1 aliphatic heterocycles. The lowest BCUT2D eigenvalue weighted by Gasteiger charge is -2.21. The number of thiophene rings is 1. The van der Waals surface area contributed by atoms with Gasteiger partial charge in [-0.25, -0.2) is 13.8 Å². The fourth-order valence-corrected chi connectivity index (χ4v) is 5.91. The number of aryl methyl sites for hydroxylation is 1. The molecule has 184 valence electrons. The molecule has 10 heteroatoms. The number of ketones is 1. The molecule has 0 spiro atoms. The number of fused-ring (bicyclic) bond motifs is 1. The molecule has 1 amide bonds. The minimum atomic E-state index is -1.06. The van der Waals surface area contributed by atoms with Crippen LogP contribution in [-0.4, -0.2) is 28.4 Å². The molecular weight excluding hydrogens is 506 g/mol. The van der Waals surface area contributed by atoms with E-state index in [1.165, 1.54) is 16.2 Å². The number of anilines is 1. The van der Waals surface area contributed by atoms with E-state index >= 15 is 0 Å². The molecule has 4 aromatic rings. The van der Waals surface area contributed by atoms with E-state index in [0.717, 1.165) is 35.5 Å². The van der Waals surface area contributed by atoms with Gasteiger partial charge in [-0.15, -0.1) is 11.3 Å². The van der Waals surface area contributed by atoms with Crippen molar-refractivity contribution in [2.75, 3.05) is 11.5 Å². The minimum Gasteiger partial charge on any atom is -0.507 e. The van der Waals surface area contributed by atoms with Crippen LogP contribution in [0.25, 0.3) is 16.0 Å². The Balaban J connectivity index is 1.64. The van der Waals surface area contributed by atoms with E-state index in [1.54, 1.807) is 35.7 Å². The number of halogens is 2. The second-order valence-corrected chi connectivity index (χ2v) is 10.2. The lowest BCUT2D eigenvalue weighted by Crippen LogP contribution is -2.28. The molecule has 1 unspecified atom stereocenters. The molecule has 2 aromatic carbocycles. The number of carbonyl (C=O) groups is 2. The predicted molar refractivity (Wildman–Crippen MR) is 136 cm³/mol. The summed E-state index contributed by atoms with van der Waals surface area (Å²) in [6.07, 6.45) is 0.844. The first kappa shape index (κ1) is 24.1. The first-order valence-electron chi connectivity index (χ1n) is 11.1. The summed E-state index contributed by atoms with van der Waals surface area (Å²) in [7, 11) is 0. The zero-order chi connectivity index (χ0) is 25.6. The molecule has 3 heterocycles. The zero-order valence-corrected chi connectivity index (χ0v) is 20.9. The minimum absolute atomic E-state index is 0.0827. The SMILES string of the molecule is CCCOc1ccc(/C(O)=C2\C(=O)C(=O)N(c3nc4cc(F)c(F)cc4s3)C2c2cccs2)cc1C. The van der Waals surface area contributed by atoms with Crippen molar-refractivity contribution in [1.82, 2.24) is 4.98 Å². The molecule has 0 bridgehead atoms. The van der Waals surface area contributed by atoms with Crippen LogP contribution in [0.3, 0.4) is 0 Å². The highest BCUT2D eigenvalue weighted by molar-refractivity contribution is 7.22. The molecule has 0 saturated carbocycles. The van der Waals surface area contributed by atoms with E-state index in [4.69, 9.17) is 4.74 Å². The van der Waals surface area contributed by atoms with Gasteiger partial charge in [-0.1, -0.05) is 24.3 Å². The van der Waals surface area contributed by atoms with Crippen molar-refractivity contribution in [3.63, 3.8) is 0 Å². The standard InChI is InChI=1S/C26H20F2N2O4S2/c1-3-8-34-18-7-6-14(10-13(18)2)23(31)21-22(19-5-4-9-35-19)30(25(33)24(21)32)26-29-17-11-15(27)16(28)12-20(17)36-26/h4-7,9-12,22,31H,3,8H2,1-2H3/b23-21+. The van der Waals surface area contributed by atoms with Gasteiger partial charge in [0.1, 0.15) is 17.6 Å². The number of rotatable bonds is 6. The van der Waals surface area contributed by atoms with E-state index in [2.05, 4.69) is 4.98 Å². The number of carbonyl (C=O) groups excluding carboxylic acids is 2. The molecule has 1 saturated heterocycles. The average molecular weight is 527 g/mol. The Morgan fingerprint density at radius 1 is 1.17 bits per heavy atom. The number of thiazole rings is 1. The summed E-state index contributed by atoms with van der Waals surface area (Å²) in [5.74, 6) is -3.49. The fraction of sp³-hybridized carbons (Fsp3) is 0.192. The lowest BCUT2D eigenvalue weighted by molar-refractivity contribution is -0.132. The van der Waals surface area contributed by atoms with Crippen molar-refractivity contribution in [3.05, 3.63) is 81.1 Å². The van der Waals surface area contributed by atoms with Crippen LogP contribution in [0.5, 0.6) is 5.75 Å². The van der Waals surface area contributed by atoms with Gasteiger partial charge in [-0.3, -0.25) is 14.5 Å². The van der Waals surface area contributed by atoms with Gasteiger partial charge in [0.2, 0.25) is 0 Å². The quantitative estimate of drug-likeness (QED) is 0.180. The van der Waals surface area contributed by atoms with Crippen molar-refractivity contribution in [2.24, 2.45) is 0 Å². The van der Waals surface area contributed by atoms with Gasteiger partial charge in [0.05, 0.1) is 22.4 Å². The Bertz CT molecular complexity index is 1490. The van der Waals surface area contributed by atoms with Gasteiger partial charge >= 0.3 is 5.91 Å². The first-order valence-corrected chi connectivity index (χ1v) is 12.8. The van der Waals surface area contributed by atoms with Gasteiger partial charge < -0.3 is 9.84 Å². The number of aliphatic hydroxyl groups is 1. The van der Waals surface area contributed by atoms with Crippen LogP contribution >= 0.6 is 22.7 Å². The van der Waals surface area contributed by atoms with Crippen LogP contribution in [0.15, 0.2) is 53.4 Å². The van der Waals surface area contributed by atoms with Crippen LogP contribution in [0.2, 0.25) is 0 Å². The van der Waals surface area contributed by atoms with E-state index in [-0.39, 0.29) is 22.0 Å². The van der Waals surface area contributed by atoms with Crippen LogP contribution in [0.4, 0.5) is 13.9 Å².